The Morgan fingerprint density at radius 1 is 0.968 bits per heavy atom. The minimum absolute atomic E-state index is 0.245. The summed E-state index contributed by atoms with van der Waals surface area (Å²) in [5.74, 6) is 0.719. The lowest BCUT2D eigenvalue weighted by molar-refractivity contribution is 0.306. The maximum atomic E-state index is 13.7. The van der Waals surface area contributed by atoms with Crippen molar-refractivity contribution < 1.29 is 13.2 Å². The Bertz CT molecular complexity index is 1000. The molecule has 31 heavy (non-hydrogen) atoms. The normalized spacial score (nSPS) is 15.5. The number of sulfonamides is 1. The lowest BCUT2D eigenvalue weighted by Gasteiger charge is -2.37. The molecule has 0 amide bonds. The first-order valence-electron chi connectivity index (χ1n) is 11.3. The maximum Gasteiger partial charge on any atom is 0.246 e. The quantitative estimate of drug-likeness (QED) is 0.601. The van der Waals surface area contributed by atoms with Gasteiger partial charge in [-0.15, -0.1) is 0 Å². The van der Waals surface area contributed by atoms with E-state index < -0.39 is 10.0 Å². The van der Waals surface area contributed by atoms with E-state index in [2.05, 4.69) is 50.8 Å². The Kier molecular flexibility index (Phi) is 7.32. The highest BCUT2D eigenvalue weighted by Gasteiger charge is 2.32. The molecule has 1 heterocycles. The fourth-order valence-corrected chi connectivity index (χ4v) is 5.99. The minimum Gasteiger partial charge on any atom is -0.492 e. The topological polar surface area (TPSA) is 49.9 Å². The van der Waals surface area contributed by atoms with E-state index in [-0.39, 0.29) is 5.92 Å². The van der Waals surface area contributed by atoms with E-state index >= 15 is 0 Å². The smallest absolute Gasteiger partial charge is 0.246 e. The average Bonchev–Trinajstić information content (AvgIpc) is 2.72. The molecule has 1 aliphatic heterocycles. The average molecular weight is 445 g/mol. The van der Waals surface area contributed by atoms with Crippen LogP contribution in [0, 0.1) is 20.8 Å². The highest BCUT2D eigenvalue weighted by molar-refractivity contribution is 7.89. The number of piperazine rings is 1. The third-order valence-electron chi connectivity index (χ3n) is 6.03. The van der Waals surface area contributed by atoms with E-state index in [1.54, 1.807) is 4.31 Å². The minimum atomic E-state index is -3.64. The SMILES string of the molecule is CCCOc1cc(C)c(C(C)C)cc1S(=O)(=O)N1CCN(c2c(C)cccc2C)CC1. The number of anilines is 1. The van der Waals surface area contributed by atoms with Gasteiger partial charge in [-0.1, -0.05) is 39.0 Å². The molecular formula is C25H36N2O3S. The maximum absolute atomic E-state index is 13.7. The van der Waals surface area contributed by atoms with Gasteiger partial charge in [-0.2, -0.15) is 4.31 Å². The van der Waals surface area contributed by atoms with Crippen molar-refractivity contribution in [2.75, 3.05) is 37.7 Å². The van der Waals surface area contributed by atoms with Gasteiger partial charge >= 0.3 is 0 Å². The standard InChI is InChI=1S/C25H36N2O3S/c1-7-15-30-23-16-21(6)22(18(2)3)17-24(23)31(28,29)27-13-11-26(12-14-27)25-19(4)9-8-10-20(25)5/h8-10,16-18H,7,11-15H2,1-6H3. The van der Waals surface area contributed by atoms with Crippen molar-refractivity contribution in [2.24, 2.45) is 0 Å². The molecule has 2 aromatic rings. The number of ether oxygens (including phenoxy) is 1. The summed E-state index contributed by atoms with van der Waals surface area (Å²) in [6.07, 6.45) is 0.832. The number of aryl methyl sites for hydroxylation is 3. The van der Waals surface area contributed by atoms with Crippen LogP contribution in [0.25, 0.3) is 0 Å². The van der Waals surface area contributed by atoms with Gasteiger partial charge in [-0.25, -0.2) is 8.42 Å². The summed E-state index contributed by atoms with van der Waals surface area (Å²) in [4.78, 5) is 2.61. The molecule has 0 atom stereocenters. The molecule has 2 aromatic carbocycles. The predicted molar refractivity (Wildman–Crippen MR) is 128 cm³/mol. The van der Waals surface area contributed by atoms with Gasteiger partial charge in [-0.05, 0) is 67.5 Å². The molecule has 1 fully saturated rings. The van der Waals surface area contributed by atoms with Crippen molar-refractivity contribution in [1.82, 2.24) is 4.31 Å². The van der Waals surface area contributed by atoms with Crippen molar-refractivity contribution in [1.29, 1.82) is 0 Å². The first kappa shape index (κ1) is 23.6. The molecule has 1 saturated heterocycles. The number of hydrogen-bond acceptors (Lipinski definition) is 4. The monoisotopic (exact) mass is 444 g/mol. The molecule has 170 valence electrons. The lowest BCUT2D eigenvalue weighted by atomic mass is 9.98. The van der Waals surface area contributed by atoms with Gasteiger partial charge in [0, 0.05) is 31.9 Å². The lowest BCUT2D eigenvalue weighted by Crippen LogP contribution is -2.49. The summed E-state index contributed by atoms with van der Waals surface area (Å²) < 4.78 is 34.8. The zero-order valence-corrected chi connectivity index (χ0v) is 20.6. The van der Waals surface area contributed by atoms with Crippen LogP contribution in [0.15, 0.2) is 35.2 Å². The first-order chi connectivity index (χ1) is 14.7. The molecule has 0 bridgehead atoms. The predicted octanol–water partition coefficient (Wildman–Crippen LogP) is 5.03. The van der Waals surface area contributed by atoms with Crippen molar-refractivity contribution >= 4 is 15.7 Å². The summed E-state index contributed by atoms with van der Waals surface area (Å²) in [6.45, 7) is 15.3. The van der Waals surface area contributed by atoms with Gasteiger partial charge in [0.2, 0.25) is 10.0 Å². The van der Waals surface area contributed by atoms with Crippen LogP contribution in [0.2, 0.25) is 0 Å². The summed E-state index contributed by atoms with van der Waals surface area (Å²) in [7, 11) is -3.64. The van der Waals surface area contributed by atoms with Crippen LogP contribution in [-0.2, 0) is 10.0 Å². The Labute approximate surface area is 188 Å². The van der Waals surface area contributed by atoms with Crippen molar-refractivity contribution in [3.05, 3.63) is 52.6 Å². The van der Waals surface area contributed by atoms with Crippen molar-refractivity contribution in [3.8, 4) is 5.75 Å². The Hall–Kier alpha value is -2.05. The number of nitrogens with zero attached hydrogens (tertiary/aromatic N) is 2. The van der Waals surface area contributed by atoms with Gasteiger partial charge in [0.05, 0.1) is 6.61 Å². The molecule has 0 radical (unpaired) electrons. The number of para-hydroxylation sites is 1. The van der Waals surface area contributed by atoms with Crippen LogP contribution in [0.1, 0.15) is 55.4 Å². The largest absolute Gasteiger partial charge is 0.492 e. The Balaban J connectivity index is 1.89. The van der Waals surface area contributed by atoms with Crippen LogP contribution < -0.4 is 9.64 Å². The molecule has 1 aliphatic rings. The van der Waals surface area contributed by atoms with Crippen LogP contribution >= 0.6 is 0 Å². The second-order valence-corrected chi connectivity index (χ2v) is 10.7. The third-order valence-corrected chi connectivity index (χ3v) is 7.95. The molecule has 0 spiro atoms. The van der Waals surface area contributed by atoms with Crippen LogP contribution in [0.5, 0.6) is 5.75 Å². The highest BCUT2D eigenvalue weighted by atomic mass is 32.2. The van der Waals surface area contributed by atoms with Gasteiger partial charge in [0.25, 0.3) is 0 Å². The van der Waals surface area contributed by atoms with E-state index in [9.17, 15) is 8.42 Å². The number of benzene rings is 2. The third kappa shape index (κ3) is 4.90. The van der Waals surface area contributed by atoms with Gasteiger partial charge in [0.1, 0.15) is 10.6 Å². The van der Waals surface area contributed by atoms with Crippen LogP contribution in [-0.4, -0.2) is 45.5 Å². The van der Waals surface area contributed by atoms with E-state index in [0.717, 1.165) is 17.5 Å². The number of hydrogen-bond donors (Lipinski definition) is 0. The molecule has 0 aliphatic carbocycles. The molecule has 0 N–H and O–H groups in total. The molecule has 0 unspecified atom stereocenters. The van der Waals surface area contributed by atoms with Crippen molar-refractivity contribution in [3.63, 3.8) is 0 Å². The molecule has 0 aromatic heterocycles. The summed E-state index contributed by atoms with van der Waals surface area (Å²) in [5, 5.41) is 0. The molecular weight excluding hydrogens is 408 g/mol. The van der Waals surface area contributed by atoms with Crippen molar-refractivity contribution in [2.45, 2.75) is 58.8 Å². The molecule has 5 nitrogen and oxygen atoms in total. The zero-order valence-electron chi connectivity index (χ0n) is 19.7. The fraction of sp³-hybridized carbons (Fsp3) is 0.520. The summed E-state index contributed by atoms with van der Waals surface area (Å²) in [5.41, 5.74) is 5.80. The molecule has 6 heteroatoms. The summed E-state index contributed by atoms with van der Waals surface area (Å²) >= 11 is 0. The first-order valence-corrected chi connectivity index (χ1v) is 12.7. The van der Waals surface area contributed by atoms with Crippen LogP contribution in [0.4, 0.5) is 5.69 Å². The van der Waals surface area contributed by atoms with E-state index in [1.807, 2.05) is 26.0 Å². The van der Waals surface area contributed by atoms with Gasteiger partial charge in [-0.3, -0.25) is 0 Å². The van der Waals surface area contributed by atoms with E-state index in [1.165, 1.54) is 16.8 Å². The van der Waals surface area contributed by atoms with Gasteiger partial charge < -0.3 is 9.64 Å². The molecule has 3 rings (SSSR count). The Morgan fingerprint density at radius 3 is 2.13 bits per heavy atom. The van der Waals surface area contributed by atoms with E-state index in [4.69, 9.17) is 4.74 Å². The fourth-order valence-electron chi connectivity index (χ4n) is 4.42. The zero-order chi connectivity index (χ0) is 22.8. The molecule has 0 saturated carbocycles. The second kappa shape index (κ2) is 9.61. The van der Waals surface area contributed by atoms with Crippen LogP contribution in [0.3, 0.4) is 0 Å². The second-order valence-electron chi connectivity index (χ2n) is 8.79. The summed E-state index contributed by atoms with van der Waals surface area (Å²) in [6, 6.07) is 10.0. The van der Waals surface area contributed by atoms with E-state index in [0.29, 0.717) is 43.4 Å². The highest BCUT2D eigenvalue weighted by Crippen LogP contribution is 2.34. The van der Waals surface area contributed by atoms with Gasteiger partial charge in [0.15, 0.2) is 0 Å². The Morgan fingerprint density at radius 2 is 1.58 bits per heavy atom. The number of rotatable bonds is 7.